The number of rotatable bonds is 9. The van der Waals surface area contributed by atoms with Gasteiger partial charge in [-0.25, -0.2) is 0 Å². The molecule has 2 atom stereocenters. The van der Waals surface area contributed by atoms with Gasteiger partial charge >= 0.3 is 0 Å². The van der Waals surface area contributed by atoms with Gasteiger partial charge in [0.25, 0.3) is 5.91 Å². The summed E-state index contributed by atoms with van der Waals surface area (Å²) in [5.41, 5.74) is 1.38. The van der Waals surface area contributed by atoms with Gasteiger partial charge in [-0.05, 0) is 24.3 Å². The normalized spacial score (nSPS) is 17.7. The average molecular weight is 443 g/mol. The molecule has 0 saturated carbocycles. The van der Waals surface area contributed by atoms with Crippen molar-refractivity contribution < 1.29 is 28.5 Å². The van der Waals surface area contributed by atoms with Crippen LogP contribution in [-0.4, -0.2) is 71.4 Å². The molecule has 1 fully saturated rings. The molecule has 8 nitrogen and oxygen atoms in total. The first-order chi connectivity index (χ1) is 15.5. The number of carbonyl (C=O) groups excluding carboxylic acids is 2. The van der Waals surface area contributed by atoms with E-state index in [4.69, 9.17) is 18.9 Å². The molecule has 1 heterocycles. The van der Waals surface area contributed by atoms with Crippen molar-refractivity contribution in [3.63, 3.8) is 0 Å². The van der Waals surface area contributed by atoms with Crippen molar-refractivity contribution in [3.05, 3.63) is 53.6 Å². The van der Waals surface area contributed by atoms with E-state index in [9.17, 15) is 9.59 Å². The number of amides is 2. The fraction of sp³-hybridized carbons (Fsp3) is 0.417. The van der Waals surface area contributed by atoms with Crippen LogP contribution in [0.25, 0.3) is 0 Å². The lowest BCUT2D eigenvalue weighted by molar-refractivity contribution is -0.125. The Morgan fingerprint density at radius 1 is 0.969 bits per heavy atom. The number of hydrogen-bond acceptors (Lipinski definition) is 6. The zero-order valence-electron chi connectivity index (χ0n) is 18.9. The molecular formula is C24H30N2O6. The summed E-state index contributed by atoms with van der Waals surface area (Å²) in [6, 6.07) is 12.6. The molecule has 2 aromatic rings. The lowest BCUT2D eigenvalue weighted by Gasteiger charge is -2.21. The molecule has 1 aliphatic heterocycles. The van der Waals surface area contributed by atoms with E-state index in [1.165, 1.54) is 0 Å². The van der Waals surface area contributed by atoms with Crippen molar-refractivity contribution in [2.24, 2.45) is 5.92 Å². The van der Waals surface area contributed by atoms with Crippen molar-refractivity contribution in [1.29, 1.82) is 0 Å². The lowest BCUT2D eigenvalue weighted by Crippen LogP contribution is -2.37. The minimum absolute atomic E-state index is 0.120. The van der Waals surface area contributed by atoms with E-state index in [1.54, 1.807) is 63.7 Å². The SMILES string of the molecule is COCCNC(=O)[C@@H]1CN(C(=O)c2cccc(OC)c2)C[C@@H]1c1ccc(OC)cc1OC. The molecule has 0 bridgehead atoms. The number of nitrogens with one attached hydrogen (secondary N) is 1. The molecule has 0 aliphatic carbocycles. The molecular weight excluding hydrogens is 412 g/mol. The molecule has 2 aromatic carbocycles. The first-order valence-electron chi connectivity index (χ1n) is 10.4. The Morgan fingerprint density at radius 2 is 1.72 bits per heavy atom. The smallest absolute Gasteiger partial charge is 0.254 e. The molecule has 2 amide bonds. The van der Waals surface area contributed by atoms with Crippen LogP contribution in [0.1, 0.15) is 21.8 Å². The molecule has 0 unspecified atom stereocenters. The highest BCUT2D eigenvalue weighted by Crippen LogP contribution is 2.39. The Morgan fingerprint density at radius 3 is 2.41 bits per heavy atom. The number of methoxy groups -OCH3 is 4. The van der Waals surface area contributed by atoms with E-state index in [0.29, 0.717) is 49.1 Å². The van der Waals surface area contributed by atoms with Gasteiger partial charge in [-0.2, -0.15) is 0 Å². The third-order valence-corrected chi connectivity index (χ3v) is 5.71. The maximum absolute atomic E-state index is 13.2. The zero-order chi connectivity index (χ0) is 23.1. The molecule has 172 valence electrons. The van der Waals surface area contributed by atoms with Gasteiger partial charge in [-0.15, -0.1) is 0 Å². The molecule has 1 aliphatic rings. The van der Waals surface area contributed by atoms with E-state index >= 15 is 0 Å². The second-order valence-corrected chi connectivity index (χ2v) is 7.55. The summed E-state index contributed by atoms with van der Waals surface area (Å²) in [6.45, 7) is 1.51. The third-order valence-electron chi connectivity index (χ3n) is 5.71. The largest absolute Gasteiger partial charge is 0.497 e. The third kappa shape index (κ3) is 5.13. The number of nitrogens with zero attached hydrogens (tertiary/aromatic N) is 1. The van der Waals surface area contributed by atoms with E-state index in [1.807, 2.05) is 12.1 Å². The van der Waals surface area contributed by atoms with Crippen molar-refractivity contribution in [3.8, 4) is 17.2 Å². The Balaban J connectivity index is 1.90. The van der Waals surface area contributed by atoms with Gasteiger partial charge in [-0.3, -0.25) is 9.59 Å². The summed E-state index contributed by atoms with van der Waals surface area (Å²) in [7, 11) is 6.32. The van der Waals surface area contributed by atoms with Crippen LogP contribution in [0.5, 0.6) is 17.2 Å². The second-order valence-electron chi connectivity index (χ2n) is 7.55. The van der Waals surface area contributed by atoms with Gasteiger partial charge < -0.3 is 29.2 Å². The summed E-state index contributed by atoms with van der Waals surface area (Å²) >= 11 is 0. The standard InChI is InChI=1S/C24H30N2O6/c1-29-11-10-25-23(27)21-15-26(24(28)16-6-5-7-17(12-16)30-2)14-20(21)19-9-8-18(31-3)13-22(19)32-4/h5-9,12-13,20-21H,10-11,14-15H2,1-4H3,(H,25,27)/t20-,21-/m1/s1. The predicted octanol–water partition coefficient (Wildman–Crippen LogP) is 2.33. The fourth-order valence-electron chi connectivity index (χ4n) is 4.02. The maximum atomic E-state index is 13.2. The van der Waals surface area contributed by atoms with Crippen LogP contribution < -0.4 is 19.5 Å². The van der Waals surface area contributed by atoms with Gasteiger partial charge in [0.05, 0.1) is 33.9 Å². The van der Waals surface area contributed by atoms with Gasteiger partial charge in [0.1, 0.15) is 17.2 Å². The Labute approximate surface area is 188 Å². The molecule has 1 N–H and O–H groups in total. The quantitative estimate of drug-likeness (QED) is 0.600. The number of carbonyl (C=O) groups is 2. The lowest BCUT2D eigenvalue weighted by atomic mass is 9.87. The fourth-order valence-corrected chi connectivity index (χ4v) is 4.02. The summed E-state index contributed by atoms with van der Waals surface area (Å²) in [4.78, 5) is 28.0. The zero-order valence-corrected chi connectivity index (χ0v) is 18.9. The molecule has 0 aromatic heterocycles. The minimum Gasteiger partial charge on any atom is -0.497 e. The number of ether oxygens (including phenoxy) is 4. The number of likely N-dealkylation sites (tertiary alicyclic amines) is 1. The summed E-state index contributed by atoms with van der Waals surface area (Å²) in [5, 5.41) is 2.92. The Bertz CT molecular complexity index is 948. The first-order valence-corrected chi connectivity index (χ1v) is 10.4. The Kier molecular flexibility index (Phi) is 7.94. The molecule has 3 rings (SSSR count). The Hall–Kier alpha value is -3.26. The highest BCUT2D eigenvalue weighted by molar-refractivity contribution is 5.95. The first kappa shape index (κ1) is 23.4. The molecule has 0 radical (unpaired) electrons. The summed E-state index contributed by atoms with van der Waals surface area (Å²) < 4.78 is 21.2. The van der Waals surface area contributed by atoms with Crippen molar-refractivity contribution >= 4 is 11.8 Å². The minimum atomic E-state index is -0.427. The van der Waals surface area contributed by atoms with Crippen LogP contribution >= 0.6 is 0 Å². The van der Waals surface area contributed by atoms with Gasteiger partial charge in [0.15, 0.2) is 0 Å². The van der Waals surface area contributed by atoms with E-state index in [0.717, 1.165) is 5.56 Å². The van der Waals surface area contributed by atoms with Crippen LogP contribution in [0, 0.1) is 5.92 Å². The summed E-state index contributed by atoms with van der Waals surface area (Å²) in [5.74, 6) is 0.974. The van der Waals surface area contributed by atoms with Gasteiger partial charge in [0, 0.05) is 49.9 Å². The number of hydrogen-bond donors (Lipinski definition) is 1. The molecule has 0 spiro atoms. The van der Waals surface area contributed by atoms with Crippen molar-refractivity contribution in [1.82, 2.24) is 10.2 Å². The molecule has 32 heavy (non-hydrogen) atoms. The monoisotopic (exact) mass is 442 g/mol. The van der Waals surface area contributed by atoms with Crippen LogP contribution in [0.15, 0.2) is 42.5 Å². The maximum Gasteiger partial charge on any atom is 0.254 e. The predicted molar refractivity (Wildman–Crippen MR) is 120 cm³/mol. The topological polar surface area (TPSA) is 86.3 Å². The number of benzene rings is 2. The van der Waals surface area contributed by atoms with Crippen LogP contribution in [-0.2, 0) is 9.53 Å². The van der Waals surface area contributed by atoms with E-state index in [2.05, 4.69) is 5.32 Å². The van der Waals surface area contributed by atoms with Gasteiger partial charge in [-0.1, -0.05) is 12.1 Å². The van der Waals surface area contributed by atoms with E-state index in [-0.39, 0.29) is 17.7 Å². The summed E-state index contributed by atoms with van der Waals surface area (Å²) in [6.07, 6.45) is 0. The highest BCUT2D eigenvalue weighted by atomic mass is 16.5. The average Bonchev–Trinajstić information content (AvgIpc) is 3.28. The van der Waals surface area contributed by atoms with Crippen LogP contribution in [0.2, 0.25) is 0 Å². The molecule has 1 saturated heterocycles. The highest BCUT2D eigenvalue weighted by Gasteiger charge is 2.41. The van der Waals surface area contributed by atoms with Crippen LogP contribution in [0.3, 0.4) is 0 Å². The van der Waals surface area contributed by atoms with Gasteiger partial charge in [0.2, 0.25) is 5.91 Å². The molecule has 8 heteroatoms. The van der Waals surface area contributed by atoms with E-state index < -0.39 is 5.92 Å². The van der Waals surface area contributed by atoms with Crippen LogP contribution in [0.4, 0.5) is 0 Å². The van der Waals surface area contributed by atoms with Crippen molar-refractivity contribution in [2.45, 2.75) is 5.92 Å². The van der Waals surface area contributed by atoms with Crippen molar-refractivity contribution in [2.75, 3.05) is 54.7 Å². The second kappa shape index (κ2) is 10.9.